The predicted molar refractivity (Wildman–Crippen MR) is 114 cm³/mol. The van der Waals surface area contributed by atoms with E-state index in [4.69, 9.17) is 19.9 Å². The van der Waals surface area contributed by atoms with Gasteiger partial charge in [0.1, 0.15) is 5.75 Å². The molecule has 0 heterocycles. The summed E-state index contributed by atoms with van der Waals surface area (Å²) in [5.74, 6) is 2.80. The molecule has 0 aliphatic rings. The molecule has 2 rings (SSSR count). The van der Waals surface area contributed by atoms with Crippen molar-refractivity contribution in [2.24, 2.45) is 10.7 Å². The van der Waals surface area contributed by atoms with Crippen molar-refractivity contribution in [1.82, 2.24) is 5.32 Å². The Labute approximate surface area is 167 Å². The summed E-state index contributed by atoms with van der Waals surface area (Å²) in [6.07, 6.45) is 1.83. The van der Waals surface area contributed by atoms with Crippen LogP contribution in [0.25, 0.3) is 0 Å². The van der Waals surface area contributed by atoms with Gasteiger partial charge in [0.25, 0.3) is 0 Å². The summed E-state index contributed by atoms with van der Waals surface area (Å²) in [7, 11) is 3.26. The van der Waals surface area contributed by atoms with E-state index < -0.39 is 0 Å². The van der Waals surface area contributed by atoms with Crippen molar-refractivity contribution in [3.8, 4) is 17.2 Å². The SMILES string of the molecule is COc1ccc(CCNC(N)=NCCc2ccc(OC(C)C)cc2)cc1OC. The van der Waals surface area contributed by atoms with Crippen molar-refractivity contribution in [2.45, 2.75) is 32.8 Å². The molecule has 3 N–H and O–H groups in total. The zero-order chi connectivity index (χ0) is 20.4. The minimum atomic E-state index is 0.181. The standard InChI is InChI=1S/C22H31N3O3/c1-16(2)28-19-8-5-17(6-9-19)11-13-24-22(23)25-14-12-18-7-10-20(26-3)21(15-18)27-4/h5-10,15-16H,11-14H2,1-4H3,(H3,23,24,25). The number of aliphatic imine (C=N–C) groups is 1. The van der Waals surface area contributed by atoms with Crippen molar-refractivity contribution < 1.29 is 14.2 Å². The first-order chi connectivity index (χ1) is 13.5. The Bertz CT molecular complexity index is 758. The number of nitrogens with two attached hydrogens (primary N) is 1. The number of hydrogen-bond acceptors (Lipinski definition) is 4. The molecular weight excluding hydrogens is 354 g/mol. The number of guanidine groups is 1. The first-order valence-electron chi connectivity index (χ1n) is 9.52. The first kappa shape index (κ1) is 21.4. The number of nitrogens with zero attached hydrogens (tertiary/aromatic N) is 1. The van der Waals surface area contributed by atoms with Crippen LogP contribution in [0.15, 0.2) is 47.5 Å². The molecular formula is C22H31N3O3. The van der Waals surface area contributed by atoms with Crippen LogP contribution < -0.4 is 25.3 Å². The van der Waals surface area contributed by atoms with Crippen LogP contribution in [0.1, 0.15) is 25.0 Å². The van der Waals surface area contributed by atoms with Gasteiger partial charge in [0.2, 0.25) is 0 Å². The maximum Gasteiger partial charge on any atom is 0.188 e. The summed E-state index contributed by atoms with van der Waals surface area (Å²) < 4.78 is 16.2. The molecule has 0 saturated heterocycles. The number of ether oxygens (including phenoxy) is 3. The number of methoxy groups -OCH3 is 2. The van der Waals surface area contributed by atoms with Gasteiger partial charge in [-0.3, -0.25) is 4.99 Å². The largest absolute Gasteiger partial charge is 0.493 e. The van der Waals surface area contributed by atoms with Gasteiger partial charge in [-0.1, -0.05) is 18.2 Å². The highest BCUT2D eigenvalue weighted by Crippen LogP contribution is 2.27. The molecule has 2 aromatic carbocycles. The lowest BCUT2D eigenvalue weighted by molar-refractivity contribution is 0.242. The van der Waals surface area contributed by atoms with E-state index in [2.05, 4.69) is 22.4 Å². The highest BCUT2D eigenvalue weighted by atomic mass is 16.5. The van der Waals surface area contributed by atoms with Gasteiger partial charge < -0.3 is 25.3 Å². The fourth-order valence-electron chi connectivity index (χ4n) is 2.74. The van der Waals surface area contributed by atoms with Gasteiger partial charge in [-0.25, -0.2) is 0 Å². The smallest absolute Gasteiger partial charge is 0.188 e. The second-order valence-corrected chi connectivity index (χ2v) is 6.69. The lowest BCUT2D eigenvalue weighted by atomic mass is 10.1. The van der Waals surface area contributed by atoms with Crippen molar-refractivity contribution >= 4 is 5.96 Å². The summed E-state index contributed by atoms with van der Waals surface area (Å²) in [6.45, 7) is 5.37. The monoisotopic (exact) mass is 385 g/mol. The molecule has 0 atom stereocenters. The Morgan fingerprint density at radius 3 is 2.29 bits per heavy atom. The van der Waals surface area contributed by atoms with Crippen LogP contribution in [0.4, 0.5) is 0 Å². The van der Waals surface area contributed by atoms with Crippen molar-refractivity contribution in [3.05, 3.63) is 53.6 Å². The highest BCUT2D eigenvalue weighted by molar-refractivity contribution is 5.77. The molecule has 2 aromatic rings. The zero-order valence-electron chi connectivity index (χ0n) is 17.2. The fraction of sp³-hybridized carbons (Fsp3) is 0.409. The third kappa shape index (κ3) is 7.02. The number of rotatable bonds is 10. The molecule has 0 spiro atoms. The molecule has 152 valence electrons. The quantitative estimate of drug-likeness (QED) is 0.485. The molecule has 6 heteroatoms. The fourth-order valence-corrected chi connectivity index (χ4v) is 2.74. The third-order valence-corrected chi connectivity index (χ3v) is 4.15. The van der Waals surface area contributed by atoms with Crippen LogP contribution in [0.5, 0.6) is 17.2 Å². The molecule has 6 nitrogen and oxygen atoms in total. The Hall–Kier alpha value is -2.89. The Morgan fingerprint density at radius 1 is 0.964 bits per heavy atom. The minimum Gasteiger partial charge on any atom is -0.493 e. The van der Waals surface area contributed by atoms with Crippen LogP contribution in [0.3, 0.4) is 0 Å². The molecule has 0 bridgehead atoms. The Kier molecular flexibility index (Phi) is 8.46. The normalized spacial score (nSPS) is 11.4. The van der Waals surface area contributed by atoms with E-state index in [-0.39, 0.29) is 6.10 Å². The van der Waals surface area contributed by atoms with Gasteiger partial charge in [0, 0.05) is 13.1 Å². The van der Waals surface area contributed by atoms with Gasteiger partial charge >= 0.3 is 0 Å². The van der Waals surface area contributed by atoms with Crippen LogP contribution in [-0.2, 0) is 12.8 Å². The lowest BCUT2D eigenvalue weighted by Gasteiger charge is -2.10. The van der Waals surface area contributed by atoms with Gasteiger partial charge in [0.15, 0.2) is 17.5 Å². The summed E-state index contributed by atoms with van der Waals surface area (Å²) >= 11 is 0. The van der Waals surface area contributed by atoms with Crippen LogP contribution in [0.2, 0.25) is 0 Å². The van der Waals surface area contributed by atoms with E-state index in [9.17, 15) is 0 Å². The molecule has 0 saturated carbocycles. The van der Waals surface area contributed by atoms with Gasteiger partial charge in [-0.2, -0.15) is 0 Å². The molecule has 0 aromatic heterocycles. The summed E-state index contributed by atoms with van der Waals surface area (Å²) in [4.78, 5) is 4.39. The number of hydrogen-bond donors (Lipinski definition) is 2. The minimum absolute atomic E-state index is 0.181. The molecule has 0 amide bonds. The first-order valence-corrected chi connectivity index (χ1v) is 9.52. The second kappa shape index (κ2) is 11.1. The predicted octanol–water partition coefficient (Wildman–Crippen LogP) is 3.18. The van der Waals surface area contributed by atoms with Crippen LogP contribution in [0, 0.1) is 0 Å². The van der Waals surface area contributed by atoms with Gasteiger partial charge in [-0.15, -0.1) is 0 Å². The summed E-state index contributed by atoms with van der Waals surface area (Å²) in [5.41, 5.74) is 8.30. The summed E-state index contributed by atoms with van der Waals surface area (Å²) in [6, 6.07) is 14.0. The highest BCUT2D eigenvalue weighted by Gasteiger charge is 2.04. The maximum absolute atomic E-state index is 5.96. The van der Waals surface area contributed by atoms with Crippen molar-refractivity contribution in [2.75, 3.05) is 27.3 Å². The lowest BCUT2D eigenvalue weighted by Crippen LogP contribution is -2.33. The van der Waals surface area contributed by atoms with Crippen molar-refractivity contribution in [1.29, 1.82) is 0 Å². The molecule has 0 fully saturated rings. The van der Waals surface area contributed by atoms with E-state index in [0.29, 0.717) is 19.0 Å². The molecule has 28 heavy (non-hydrogen) atoms. The van der Waals surface area contributed by atoms with Crippen LogP contribution >= 0.6 is 0 Å². The second-order valence-electron chi connectivity index (χ2n) is 6.69. The zero-order valence-corrected chi connectivity index (χ0v) is 17.2. The topological polar surface area (TPSA) is 78.1 Å². The van der Waals surface area contributed by atoms with E-state index in [0.717, 1.165) is 35.7 Å². The third-order valence-electron chi connectivity index (χ3n) is 4.15. The van der Waals surface area contributed by atoms with E-state index in [1.807, 2.05) is 44.2 Å². The summed E-state index contributed by atoms with van der Waals surface area (Å²) in [5, 5.41) is 3.15. The number of benzene rings is 2. The van der Waals surface area contributed by atoms with E-state index in [1.165, 1.54) is 5.56 Å². The maximum atomic E-state index is 5.96. The molecule has 0 unspecified atom stereocenters. The average molecular weight is 386 g/mol. The average Bonchev–Trinajstić information content (AvgIpc) is 2.68. The van der Waals surface area contributed by atoms with Crippen molar-refractivity contribution in [3.63, 3.8) is 0 Å². The number of nitrogens with one attached hydrogen (secondary N) is 1. The Morgan fingerprint density at radius 2 is 1.64 bits per heavy atom. The van der Waals surface area contributed by atoms with E-state index >= 15 is 0 Å². The molecule has 0 aliphatic carbocycles. The molecule has 0 radical (unpaired) electrons. The van der Waals surface area contributed by atoms with Crippen LogP contribution in [-0.4, -0.2) is 39.4 Å². The Balaban J connectivity index is 1.74. The van der Waals surface area contributed by atoms with Gasteiger partial charge in [0.05, 0.1) is 20.3 Å². The van der Waals surface area contributed by atoms with E-state index in [1.54, 1.807) is 14.2 Å². The molecule has 0 aliphatic heterocycles. The van der Waals surface area contributed by atoms with Gasteiger partial charge in [-0.05, 0) is 62.1 Å².